The fraction of sp³-hybridized carbons (Fsp3) is 0.714. The molecule has 28 heavy (non-hydrogen) atoms. The predicted octanol–water partition coefficient (Wildman–Crippen LogP) is 4.97. The molecule has 0 aliphatic carbocycles. The van der Waals surface area contributed by atoms with Crippen LogP contribution in [0.2, 0.25) is 0 Å². The van der Waals surface area contributed by atoms with Gasteiger partial charge in [0.25, 0.3) is 0 Å². The minimum Gasteiger partial charge on any atom is -0.487 e. The summed E-state index contributed by atoms with van der Waals surface area (Å²) in [5.41, 5.74) is -0.240. The van der Waals surface area contributed by atoms with Crippen LogP contribution in [-0.4, -0.2) is 39.9 Å². The fourth-order valence-electron chi connectivity index (χ4n) is 3.65. The predicted molar refractivity (Wildman–Crippen MR) is 106 cm³/mol. The first-order valence-electron chi connectivity index (χ1n) is 10.6. The normalized spacial score (nSPS) is 13.3. The number of carbonyl (C=O) groups is 2. The Labute approximate surface area is 166 Å². The highest BCUT2D eigenvalue weighted by atomic mass is 16.5. The lowest BCUT2D eigenvalue weighted by molar-refractivity contribution is 0.0672. The van der Waals surface area contributed by atoms with Crippen LogP contribution in [0.4, 0.5) is 0 Å². The zero-order valence-electron chi connectivity index (χ0n) is 16.9. The summed E-state index contributed by atoms with van der Waals surface area (Å²) in [6.07, 6.45) is 12.2. The third-order valence-corrected chi connectivity index (χ3v) is 5.10. The highest BCUT2D eigenvalue weighted by molar-refractivity contribution is 5.98. The fourth-order valence-corrected chi connectivity index (χ4v) is 3.65. The van der Waals surface area contributed by atoms with Crippen LogP contribution in [0.3, 0.4) is 0 Å². The molecular weight excluding hydrogens is 362 g/mol. The van der Waals surface area contributed by atoms with E-state index in [1.165, 1.54) is 43.1 Å². The molecule has 0 fully saturated rings. The van der Waals surface area contributed by atoms with E-state index in [1.54, 1.807) is 0 Å². The van der Waals surface area contributed by atoms with E-state index in [9.17, 15) is 19.8 Å². The zero-order valence-corrected chi connectivity index (χ0v) is 16.9. The SMILES string of the molecule is CCCCCCCCCCCCn1c(C(=O)O)c2c(c1C(=O)O)OCCCO2. The van der Waals surface area contributed by atoms with E-state index in [2.05, 4.69) is 6.92 Å². The third-order valence-electron chi connectivity index (χ3n) is 5.10. The third kappa shape index (κ3) is 5.91. The Morgan fingerprint density at radius 2 is 1.21 bits per heavy atom. The summed E-state index contributed by atoms with van der Waals surface area (Å²) < 4.78 is 12.4. The molecule has 158 valence electrons. The lowest BCUT2D eigenvalue weighted by Crippen LogP contribution is -2.16. The smallest absolute Gasteiger partial charge is 0.356 e. The number of carboxylic acid groups (broad SMARTS) is 2. The van der Waals surface area contributed by atoms with Crippen LogP contribution in [-0.2, 0) is 6.54 Å². The average molecular weight is 395 g/mol. The number of ether oxygens (including phenoxy) is 2. The van der Waals surface area contributed by atoms with Crippen LogP contribution in [0.5, 0.6) is 11.5 Å². The Morgan fingerprint density at radius 1 is 0.786 bits per heavy atom. The van der Waals surface area contributed by atoms with Crippen molar-refractivity contribution >= 4 is 11.9 Å². The van der Waals surface area contributed by atoms with Gasteiger partial charge in [-0.15, -0.1) is 0 Å². The Kier molecular flexibility index (Phi) is 9.17. The lowest BCUT2D eigenvalue weighted by atomic mass is 10.1. The molecule has 1 aromatic rings. The summed E-state index contributed by atoms with van der Waals surface area (Å²) >= 11 is 0. The van der Waals surface area contributed by atoms with E-state index < -0.39 is 11.9 Å². The quantitative estimate of drug-likeness (QED) is 0.458. The van der Waals surface area contributed by atoms with Crippen LogP contribution < -0.4 is 9.47 Å². The molecule has 0 radical (unpaired) electrons. The van der Waals surface area contributed by atoms with E-state index in [-0.39, 0.29) is 22.9 Å². The number of aromatic carboxylic acids is 2. The highest BCUT2D eigenvalue weighted by Gasteiger charge is 2.34. The van der Waals surface area contributed by atoms with Crippen LogP contribution >= 0.6 is 0 Å². The van der Waals surface area contributed by atoms with Gasteiger partial charge in [-0.2, -0.15) is 0 Å². The van der Waals surface area contributed by atoms with E-state index in [4.69, 9.17) is 9.47 Å². The van der Waals surface area contributed by atoms with Crippen molar-refractivity contribution in [3.63, 3.8) is 0 Å². The van der Waals surface area contributed by atoms with E-state index in [0.29, 0.717) is 26.2 Å². The maximum Gasteiger partial charge on any atom is 0.356 e. The number of hydrogen-bond acceptors (Lipinski definition) is 4. The first-order valence-corrected chi connectivity index (χ1v) is 10.6. The Balaban J connectivity index is 1.92. The first kappa shape index (κ1) is 22.1. The molecule has 0 spiro atoms. The molecule has 0 bridgehead atoms. The van der Waals surface area contributed by atoms with E-state index in [0.717, 1.165) is 25.7 Å². The van der Waals surface area contributed by atoms with Crippen molar-refractivity contribution in [3.8, 4) is 11.5 Å². The molecule has 1 aliphatic heterocycles. The maximum atomic E-state index is 11.8. The molecule has 0 atom stereocenters. The number of carboxylic acids is 2. The first-order chi connectivity index (χ1) is 13.6. The van der Waals surface area contributed by atoms with Crippen LogP contribution in [0.25, 0.3) is 0 Å². The molecule has 7 nitrogen and oxygen atoms in total. The van der Waals surface area contributed by atoms with Crippen molar-refractivity contribution in [2.75, 3.05) is 13.2 Å². The van der Waals surface area contributed by atoms with Gasteiger partial charge < -0.3 is 24.3 Å². The summed E-state index contributed by atoms with van der Waals surface area (Å²) in [6.45, 7) is 3.18. The van der Waals surface area contributed by atoms with Gasteiger partial charge >= 0.3 is 11.9 Å². The lowest BCUT2D eigenvalue weighted by Gasteiger charge is -2.10. The van der Waals surface area contributed by atoms with Gasteiger partial charge in [-0.1, -0.05) is 64.7 Å². The van der Waals surface area contributed by atoms with Crippen molar-refractivity contribution in [2.24, 2.45) is 0 Å². The maximum absolute atomic E-state index is 11.8. The molecule has 2 N–H and O–H groups in total. The van der Waals surface area contributed by atoms with Crippen LogP contribution in [0, 0.1) is 0 Å². The molecule has 0 saturated heterocycles. The molecule has 1 aliphatic rings. The topological polar surface area (TPSA) is 98.0 Å². The van der Waals surface area contributed by atoms with Crippen molar-refractivity contribution in [1.29, 1.82) is 0 Å². The molecular formula is C21H33NO6. The summed E-state index contributed by atoms with van der Waals surface area (Å²) in [4.78, 5) is 23.5. The van der Waals surface area contributed by atoms with E-state index in [1.807, 2.05) is 0 Å². The Morgan fingerprint density at radius 3 is 1.64 bits per heavy atom. The minimum atomic E-state index is -1.19. The summed E-state index contributed by atoms with van der Waals surface area (Å²) in [6, 6.07) is 0. The van der Waals surface area contributed by atoms with Crippen LogP contribution in [0.15, 0.2) is 0 Å². The summed E-state index contributed by atoms with van der Waals surface area (Å²) in [5.74, 6) is -2.29. The van der Waals surface area contributed by atoms with Crippen LogP contribution in [0.1, 0.15) is 98.5 Å². The zero-order chi connectivity index (χ0) is 20.4. The summed E-state index contributed by atoms with van der Waals surface area (Å²) in [7, 11) is 0. The molecule has 0 unspecified atom stereocenters. The largest absolute Gasteiger partial charge is 0.487 e. The second-order valence-electron chi connectivity index (χ2n) is 7.35. The van der Waals surface area contributed by atoms with E-state index >= 15 is 0 Å². The number of aromatic nitrogens is 1. The molecule has 0 amide bonds. The standard InChI is InChI=1S/C21H33NO6/c1-2-3-4-5-6-7-8-9-10-11-13-22-16(20(23)24)18-19(17(22)21(25)26)28-15-12-14-27-18/h2-15H2,1H3,(H,23,24)(H,25,26). The molecule has 2 heterocycles. The molecule has 0 aromatic carbocycles. The van der Waals surface area contributed by atoms with Gasteiger partial charge in [0.2, 0.25) is 0 Å². The second kappa shape index (κ2) is 11.6. The van der Waals surface area contributed by atoms with Gasteiger partial charge in [-0.05, 0) is 6.42 Å². The van der Waals surface area contributed by atoms with Crippen molar-refractivity contribution in [3.05, 3.63) is 11.4 Å². The molecule has 0 saturated carbocycles. The number of hydrogen-bond donors (Lipinski definition) is 2. The van der Waals surface area contributed by atoms with Crippen molar-refractivity contribution in [2.45, 2.75) is 84.1 Å². The van der Waals surface area contributed by atoms with Gasteiger partial charge in [0.1, 0.15) is 0 Å². The van der Waals surface area contributed by atoms with Gasteiger partial charge in [-0.3, -0.25) is 0 Å². The van der Waals surface area contributed by atoms with Gasteiger partial charge in [0, 0.05) is 13.0 Å². The summed E-state index contributed by atoms with van der Waals surface area (Å²) in [5, 5.41) is 19.2. The average Bonchev–Trinajstić information content (AvgIpc) is 2.79. The number of nitrogens with zero attached hydrogens (tertiary/aromatic N) is 1. The minimum absolute atomic E-state index is 0.0504. The Hall–Kier alpha value is -2.18. The molecule has 1 aromatic heterocycles. The van der Waals surface area contributed by atoms with Gasteiger partial charge in [-0.25, -0.2) is 9.59 Å². The molecule has 7 heteroatoms. The Bertz CT molecular complexity index is 610. The highest BCUT2D eigenvalue weighted by Crippen LogP contribution is 2.40. The van der Waals surface area contributed by atoms with Crippen molar-refractivity contribution < 1.29 is 29.3 Å². The number of rotatable bonds is 13. The number of fused-ring (bicyclic) bond motifs is 1. The second-order valence-corrected chi connectivity index (χ2v) is 7.35. The number of unbranched alkanes of at least 4 members (excludes halogenated alkanes) is 9. The monoisotopic (exact) mass is 395 g/mol. The van der Waals surface area contributed by atoms with Gasteiger partial charge in [0.15, 0.2) is 22.9 Å². The van der Waals surface area contributed by atoms with Crippen molar-refractivity contribution in [1.82, 2.24) is 4.57 Å². The molecule has 2 rings (SSSR count). The van der Waals surface area contributed by atoms with Gasteiger partial charge in [0.05, 0.1) is 13.2 Å².